The van der Waals surface area contributed by atoms with Gasteiger partial charge in [0.1, 0.15) is 5.76 Å². The zero-order valence-corrected chi connectivity index (χ0v) is 19.9. The summed E-state index contributed by atoms with van der Waals surface area (Å²) in [6.45, 7) is 1.92. The van der Waals surface area contributed by atoms with Gasteiger partial charge in [-0.25, -0.2) is 0 Å². The molecule has 3 aromatic rings. The number of nitrogens with one attached hydrogen (secondary N) is 3. The number of furan rings is 1. The molecule has 0 aliphatic rings. The van der Waals surface area contributed by atoms with Gasteiger partial charge in [0.05, 0.1) is 15.7 Å². The molecule has 32 heavy (non-hydrogen) atoms. The molecule has 0 fully saturated rings. The third-order valence-corrected chi connectivity index (χ3v) is 5.32. The van der Waals surface area contributed by atoms with E-state index in [1.807, 2.05) is 6.92 Å². The highest BCUT2D eigenvalue weighted by atomic mass is 35.5. The summed E-state index contributed by atoms with van der Waals surface area (Å²) in [6, 6.07) is 13.0. The smallest absolute Gasteiger partial charge is 0.293 e. The van der Waals surface area contributed by atoms with E-state index in [9.17, 15) is 9.59 Å². The van der Waals surface area contributed by atoms with Crippen molar-refractivity contribution >= 4 is 75.3 Å². The molecule has 3 rings (SSSR count). The molecule has 0 aliphatic heterocycles. The van der Waals surface area contributed by atoms with Gasteiger partial charge in [-0.05, 0) is 67.2 Å². The summed E-state index contributed by atoms with van der Waals surface area (Å²) in [4.78, 5) is 24.3. The molecule has 2 amide bonds. The molecule has 0 radical (unpaired) electrons. The topological polar surface area (TPSA) is 83.4 Å². The van der Waals surface area contributed by atoms with Crippen LogP contribution in [0.5, 0.6) is 0 Å². The first kappa shape index (κ1) is 24.1. The second kappa shape index (κ2) is 10.8. The van der Waals surface area contributed by atoms with E-state index in [1.54, 1.807) is 42.5 Å². The fraction of sp³-hybridized carbons (Fsp3) is 0.136. The number of amides is 2. The molecule has 0 atom stereocenters. The van der Waals surface area contributed by atoms with E-state index in [2.05, 4.69) is 16.0 Å². The Morgan fingerprint density at radius 1 is 0.969 bits per heavy atom. The number of thiocarbonyl (C=S) groups is 1. The highest BCUT2D eigenvalue weighted by Crippen LogP contribution is 2.32. The summed E-state index contributed by atoms with van der Waals surface area (Å²) in [5, 5.41) is 9.45. The number of carbonyl (C=O) groups excluding carboxylic acids is 2. The number of anilines is 2. The molecule has 0 unspecified atom stereocenters. The zero-order chi connectivity index (χ0) is 23.3. The van der Waals surface area contributed by atoms with Crippen LogP contribution in [0.4, 0.5) is 11.4 Å². The quantitative estimate of drug-likeness (QED) is 0.319. The molecule has 3 N–H and O–H groups in total. The first-order chi connectivity index (χ1) is 15.3. The molecule has 0 bridgehead atoms. The van der Waals surface area contributed by atoms with Gasteiger partial charge in [-0.1, -0.05) is 41.7 Å². The average Bonchev–Trinajstić information content (AvgIpc) is 3.22. The fourth-order valence-electron chi connectivity index (χ4n) is 2.76. The Morgan fingerprint density at radius 3 is 2.47 bits per heavy atom. The number of benzene rings is 2. The van der Waals surface area contributed by atoms with E-state index in [0.29, 0.717) is 44.2 Å². The van der Waals surface area contributed by atoms with E-state index < -0.39 is 5.91 Å². The van der Waals surface area contributed by atoms with Gasteiger partial charge in [-0.3, -0.25) is 14.9 Å². The van der Waals surface area contributed by atoms with Crippen molar-refractivity contribution in [2.24, 2.45) is 0 Å². The molecule has 0 aliphatic carbocycles. The van der Waals surface area contributed by atoms with Crippen LogP contribution >= 0.6 is 47.0 Å². The van der Waals surface area contributed by atoms with E-state index in [1.165, 1.54) is 6.07 Å². The summed E-state index contributed by atoms with van der Waals surface area (Å²) < 4.78 is 5.61. The van der Waals surface area contributed by atoms with Crippen LogP contribution in [0.1, 0.15) is 30.3 Å². The van der Waals surface area contributed by atoms with Crippen molar-refractivity contribution in [3.63, 3.8) is 0 Å². The van der Waals surface area contributed by atoms with Crippen molar-refractivity contribution in [1.82, 2.24) is 5.32 Å². The van der Waals surface area contributed by atoms with Gasteiger partial charge >= 0.3 is 0 Å². The van der Waals surface area contributed by atoms with Crippen LogP contribution in [0.3, 0.4) is 0 Å². The SMILES string of the molecule is CCCC(=O)Nc1ccc(Cl)c(NC(=S)NC(=O)c2ccc(-c3cc(Cl)ccc3Cl)o2)c1. The zero-order valence-electron chi connectivity index (χ0n) is 16.8. The first-order valence-electron chi connectivity index (χ1n) is 9.53. The maximum atomic E-state index is 12.5. The minimum atomic E-state index is -0.560. The standard InChI is InChI=1S/C22H18Cl3N3O3S/c1-2-3-20(29)26-13-5-7-16(25)17(11-13)27-22(32)28-21(30)19-9-8-18(31-19)14-10-12(23)4-6-15(14)24/h4-11H,2-3H2,1H3,(H,26,29)(H2,27,28,30,32). The van der Waals surface area contributed by atoms with Gasteiger partial charge in [-0.15, -0.1) is 0 Å². The lowest BCUT2D eigenvalue weighted by atomic mass is 10.2. The molecule has 1 heterocycles. The number of hydrogen-bond donors (Lipinski definition) is 3. The van der Waals surface area contributed by atoms with Gasteiger partial charge in [0, 0.05) is 22.7 Å². The summed E-state index contributed by atoms with van der Waals surface area (Å²) in [7, 11) is 0. The fourth-order valence-corrected chi connectivity index (χ4v) is 3.51. The van der Waals surface area contributed by atoms with Crippen molar-refractivity contribution in [1.29, 1.82) is 0 Å². The van der Waals surface area contributed by atoms with Crippen molar-refractivity contribution in [3.8, 4) is 11.3 Å². The lowest BCUT2D eigenvalue weighted by Crippen LogP contribution is -2.34. The Labute approximate surface area is 205 Å². The van der Waals surface area contributed by atoms with Gasteiger partial charge in [-0.2, -0.15) is 0 Å². The van der Waals surface area contributed by atoms with Crippen LogP contribution in [-0.2, 0) is 4.79 Å². The number of carbonyl (C=O) groups is 2. The molecule has 10 heteroatoms. The summed E-state index contributed by atoms with van der Waals surface area (Å²) in [6.07, 6.45) is 1.14. The second-order valence-corrected chi connectivity index (χ2v) is 8.35. The largest absolute Gasteiger partial charge is 0.451 e. The van der Waals surface area contributed by atoms with E-state index in [0.717, 1.165) is 6.42 Å². The maximum absolute atomic E-state index is 12.5. The molecule has 6 nitrogen and oxygen atoms in total. The van der Waals surface area contributed by atoms with Gasteiger partial charge in [0.15, 0.2) is 10.9 Å². The molecule has 0 saturated heterocycles. The van der Waals surface area contributed by atoms with Crippen LogP contribution in [0, 0.1) is 0 Å². The Bertz CT molecular complexity index is 1180. The predicted molar refractivity (Wildman–Crippen MR) is 133 cm³/mol. The molecule has 1 aromatic heterocycles. The van der Waals surface area contributed by atoms with Gasteiger partial charge < -0.3 is 15.1 Å². The van der Waals surface area contributed by atoms with Crippen molar-refractivity contribution in [2.75, 3.05) is 10.6 Å². The lowest BCUT2D eigenvalue weighted by Gasteiger charge is -2.12. The van der Waals surface area contributed by atoms with Gasteiger partial charge in [0.2, 0.25) is 5.91 Å². The first-order valence-corrected chi connectivity index (χ1v) is 11.1. The number of hydrogen-bond acceptors (Lipinski definition) is 4. The highest BCUT2D eigenvalue weighted by Gasteiger charge is 2.16. The predicted octanol–water partition coefficient (Wildman–Crippen LogP) is 6.77. The monoisotopic (exact) mass is 509 g/mol. The Morgan fingerprint density at radius 2 is 1.72 bits per heavy atom. The molecular formula is C22H18Cl3N3O3S. The van der Waals surface area contributed by atoms with Crippen LogP contribution in [0.2, 0.25) is 15.1 Å². The lowest BCUT2D eigenvalue weighted by molar-refractivity contribution is -0.116. The summed E-state index contributed by atoms with van der Waals surface area (Å²) in [5.41, 5.74) is 1.54. The minimum absolute atomic E-state index is 0.00710. The molecule has 166 valence electrons. The van der Waals surface area contributed by atoms with E-state index in [4.69, 9.17) is 51.4 Å². The number of rotatable bonds is 6. The van der Waals surface area contributed by atoms with E-state index >= 15 is 0 Å². The molecule has 0 spiro atoms. The van der Waals surface area contributed by atoms with Crippen molar-refractivity contribution in [3.05, 3.63) is 69.4 Å². The number of halogens is 3. The Kier molecular flexibility index (Phi) is 8.15. The summed E-state index contributed by atoms with van der Waals surface area (Å²) in [5.74, 6) is -0.243. The molecule has 0 saturated carbocycles. The van der Waals surface area contributed by atoms with Crippen LogP contribution in [0.15, 0.2) is 52.9 Å². The van der Waals surface area contributed by atoms with Crippen molar-refractivity contribution < 1.29 is 14.0 Å². The summed E-state index contributed by atoms with van der Waals surface area (Å²) >= 11 is 23.6. The normalized spacial score (nSPS) is 10.5. The van der Waals surface area contributed by atoms with Crippen LogP contribution in [0.25, 0.3) is 11.3 Å². The second-order valence-electron chi connectivity index (χ2n) is 6.69. The Balaban J connectivity index is 1.67. The molecule has 2 aromatic carbocycles. The minimum Gasteiger partial charge on any atom is -0.451 e. The van der Waals surface area contributed by atoms with Crippen LogP contribution in [-0.4, -0.2) is 16.9 Å². The molecular weight excluding hydrogens is 493 g/mol. The maximum Gasteiger partial charge on any atom is 0.293 e. The third-order valence-electron chi connectivity index (χ3n) is 4.23. The third kappa shape index (κ3) is 6.23. The van der Waals surface area contributed by atoms with Crippen LogP contribution < -0.4 is 16.0 Å². The van der Waals surface area contributed by atoms with E-state index in [-0.39, 0.29) is 16.8 Å². The average molecular weight is 511 g/mol. The van der Waals surface area contributed by atoms with Crippen molar-refractivity contribution in [2.45, 2.75) is 19.8 Å². The highest BCUT2D eigenvalue weighted by molar-refractivity contribution is 7.80. The Hall–Kier alpha value is -2.58. The van der Waals surface area contributed by atoms with Gasteiger partial charge in [0.25, 0.3) is 5.91 Å².